The van der Waals surface area contributed by atoms with Gasteiger partial charge >= 0.3 is 0 Å². The van der Waals surface area contributed by atoms with E-state index in [1.807, 2.05) is 30.3 Å². The maximum absolute atomic E-state index is 11.9. The number of hydrogen-bond acceptors (Lipinski definition) is 7. The number of anilines is 3. The first-order valence-corrected chi connectivity index (χ1v) is 11.6. The molecule has 0 aromatic heterocycles. The van der Waals surface area contributed by atoms with Gasteiger partial charge in [0.1, 0.15) is 17.7 Å². The lowest BCUT2D eigenvalue weighted by molar-refractivity contribution is -0.116. The maximum Gasteiger partial charge on any atom is 0.224 e. The monoisotopic (exact) mass is 468 g/mol. The molecule has 0 spiro atoms. The molecule has 3 N–H and O–H groups in total. The fraction of sp³-hybridized carbons (Fsp3) is 0.440. The molecule has 1 atom stereocenters. The number of aliphatic hydroxyl groups is 1. The lowest BCUT2D eigenvalue weighted by Crippen LogP contribution is -2.53. The van der Waals surface area contributed by atoms with E-state index in [9.17, 15) is 14.7 Å². The smallest absolute Gasteiger partial charge is 0.224 e. The molecule has 2 aromatic carbocycles. The van der Waals surface area contributed by atoms with Crippen LogP contribution in [0.1, 0.15) is 25.3 Å². The Balaban J connectivity index is 1.31. The number of aliphatic hydroxyl groups excluding tert-OH is 1. The third kappa shape index (κ3) is 5.43. The Bertz CT molecular complexity index is 1040. The van der Waals surface area contributed by atoms with Crippen LogP contribution in [0.4, 0.5) is 17.1 Å². The number of fused-ring (bicyclic) bond motifs is 1. The van der Waals surface area contributed by atoms with Crippen LogP contribution in [0, 0.1) is 0 Å². The number of β-amino-alcohol motifs (C(OH)–C–C–N with tert-alkyl or cyclic N) is 1. The molecule has 2 aliphatic rings. The number of amides is 2. The first-order chi connectivity index (χ1) is 16.5. The number of ether oxygens (including phenoxy) is 2. The first-order valence-electron chi connectivity index (χ1n) is 11.6. The van der Waals surface area contributed by atoms with Crippen molar-refractivity contribution in [2.75, 3.05) is 55.4 Å². The number of piperazine rings is 1. The van der Waals surface area contributed by atoms with Crippen molar-refractivity contribution < 1.29 is 24.2 Å². The molecule has 1 unspecified atom stereocenters. The molecular formula is C25H32N4O5. The minimum Gasteiger partial charge on any atom is -0.495 e. The molecule has 4 rings (SSSR count). The van der Waals surface area contributed by atoms with Gasteiger partial charge in [0.25, 0.3) is 0 Å². The van der Waals surface area contributed by atoms with Crippen molar-refractivity contribution in [1.82, 2.24) is 4.90 Å². The van der Waals surface area contributed by atoms with Crippen LogP contribution >= 0.6 is 0 Å². The molecule has 182 valence electrons. The third-order valence-corrected chi connectivity index (χ3v) is 6.18. The van der Waals surface area contributed by atoms with Crippen LogP contribution in [0.5, 0.6) is 11.5 Å². The van der Waals surface area contributed by atoms with E-state index in [1.165, 1.54) is 6.92 Å². The number of para-hydroxylation sites is 2. The zero-order valence-electron chi connectivity index (χ0n) is 19.7. The van der Waals surface area contributed by atoms with E-state index in [-0.39, 0.29) is 11.8 Å². The Morgan fingerprint density at radius 3 is 2.76 bits per heavy atom. The SMILES string of the molecule is COc1ccccc1N1CCN(CCCOc2ccc(NC(C)=O)c3c2CCC(=O)N3)C(O)C1. The van der Waals surface area contributed by atoms with Gasteiger partial charge in [-0.15, -0.1) is 0 Å². The average molecular weight is 469 g/mol. The standard InChI is InChI=1S/C25H32N4O5/c1-17(30)26-19-9-10-21(18-8-11-23(31)27-25(18)19)34-15-5-12-28-13-14-29(16-24(28)32)20-6-3-4-7-22(20)33-2/h3-4,6-7,9-10,24,32H,5,8,11-16H2,1-2H3,(H,26,30)(H,27,31). The zero-order chi connectivity index (χ0) is 24.1. The second kappa shape index (κ2) is 10.8. The molecule has 0 radical (unpaired) electrons. The molecule has 2 aliphatic heterocycles. The number of rotatable bonds is 8. The van der Waals surface area contributed by atoms with E-state index < -0.39 is 6.23 Å². The Hall–Kier alpha value is -3.30. The molecule has 2 aromatic rings. The summed E-state index contributed by atoms with van der Waals surface area (Å²) in [5, 5.41) is 16.3. The summed E-state index contributed by atoms with van der Waals surface area (Å²) in [6, 6.07) is 11.4. The van der Waals surface area contributed by atoms with Crippen LogP contribution in [0.15, 0.2) is 36.4 Å². The van der Waals surface area contributed by atoms with Gasteiger partial charge in [-0.25, -0.2) is 0 Å². The van der Waals surface area contributed by atoms with Gasteiger partial charge in [-0.2, -0.15) is 0 Å². The van der Waals surface area contributed by atoms with Crippen LogP contribution in [-0.2, 0) is 16.0 Å². The van der Waals surface area contributed by atoms with E-state index >= 15 is 0 Å². The molecule has 2 amide bonds. The summed E-state index contributed by atoms with van der Waals surface area (Å²) in [4.78, 5) is 27.6. The summed E-state index contributed by atoms with van der Waals surface area (Å²) < 4.78 is 11.5. The van der Waals surface area contributed by atoms with Gasteiger partial charge in [0.05, 0.1) is 37.3 Å². The maximum atomic E-state index is 11.9. The average Bonchev–Trinajstić information content (AvgIpc) is 2.83. The van der Waals surface area contributed by atoms with Crippen molar-refractivity contribution in [3.63, 3.8) is 0 Å². The van der Waals surface area contributed by atoms with E-state index in [1.54, 1.807) is 13.2 Å². The number of benzene rings is 2. The van der Waals surface area contributed by atoms with Gasteiger partial charge in [0, 0.05) is 38.5 Å². The molecule has 0 aliphatic carbocycles. The highest BCUT2D eigenvalue weighted by Crippen LogP contribution is 2.37. The van der Waals surface area contributed by atoms with Crippen LogP contribution in [0.25, 0.3) is 0 Å². The van der Waals surface area contributed by atoms with Crippen molar-refractivity contribution in [3.05, 3.63) is 42.0 Å². The molecule has 9 heteroatoms. The summed E-state index contributed by atoms with van der Waals surface area (Å²) >= 11 is 0. The zero-order valence-corrected chi connectivity index (χ0v) is 19.7. The molecule has 2 heterocycles. The van der Waals surface area contributed by atoms with E-state index in [0.29, 0.717) is 49.7 Å². The summed E-state index contributed by atoms with van der Waals surface area (Å²) in [5.74, 6) is 1.25. The molecule has 1 fully saturated rings. The van der Waals surface area contributed by atoms with Crippen LogP contribution in [0.3, 0.4) is 0 Å². The van der Waals surface area contributed by atoms with Crippen molar-refractivity contribution in [1.29, 1.82) is 0 Å². The first kappa shape index (κ1) is 23.8. The van der Waals surface area contributed by atoms with Crippen molar-refractivity contribution in [2.24, 2.45) is 0 Å². The Morgan fingerprint density at radius 1 is 1.18 bits per heavy atom. The number of nitrogens with one attached hydrogen (secondary N) is 2. The minimum atomic E-state index is -0.571. The molecular weight excluding hydrogens is 436 g/mol. The number of nitrogens with zero attached hydrogens (tertiary/aromatic N) is 2. The number of hydrogen-bond donors (Lipinski definition) is 3. The highest BCUT2D eigenvalue weighted by Gasteiger charge is 2.27. The Kier molecular flexibility index (Phi) is 7.54. The van der Waals surface area contributed by atoms with Crippen molar-refractivity contribution in [2.45, 2.75) is 32.4 Å². The van der Waals surface area contributed by atoms with Gasteiger partial charge < -0.3 is 30.1 Å². The second-order valence-corrected chi connectivity index (χ2v) is 8.53. The Labute approximate surface area is 199 Å². The summed E-state index contributed by atoms with van der Waals surface area (Å²) in [6.45, 7) is 4.69. The molecule has 1 saturated heterocycles. The number of carbonyl (C=O) groups is 2. The van der Waals surface area contributed by atoms with Gasteiger partial charge in [0.2, 0.25) is 11.8 Å². The Morgan fingerprint density at radius 2 is 2.00 bits per heavy atom. The molecule has 9 nitrogen and oxygen atoms in total. The lowest BCUT2D eigenvalue weighted by atomic mass is 10.0. The summed E-state index contributed by atoms with van der Waals surface area (Å²) in [7, 11) is 1.66. The van der Waals surface area contributed by atoms with E-state index in [0.717, 1.165) is 36.5 Å². The normalized spacial score (nSPS) is 18.1. The van der Waals surface area contributed by atoms with Gasteiger partial charge in [-0.1, -0.05) is 12.1 Å². The molecule has 0 bridgehead atoms. The number of carbonyl (C=O) groups excluding carboxylic acids is 2. The van der Waals surface area contributed by atoms with Crippen LogP contribution in [0.2, 0.25) is 0 Å². The van der Waals surface area contributed by atoms with Crippen molar-refractivity contribution >= 4 is 28.9 Å². The van der Waals surface area contributed by atoms with Crippen LogP contribution in [-0.4, -0.2) is 67.9 Å². The highest BCUT2D eigenvalue weighted by atomic mass is 16.5. The highest BCUT2D eigenvalue weighted by molar-refractivity contribution is 6.02. The fourth-order valence-corrected chi connectivity index (χ4v) is 4.51. The fourth-order valence-electron chi connectivity index (χ4n) is 4.51. The summed E-state index contributed by atoms with van der Waals surface area (Å²) in [6.07, 6.45) is 1.13. The molecule has 0 saturated carbocycles. The van der Waals surface area contributed by atoms with Crippen molar-refractivity contribution in [3.8, 4) is 11.5 Å². The second-order valence-electron chi connectivity index (χ2n) is 8.53. The van der Waals surface area contributed by atoms with Gasteiger partial charge in [0.15, 0.2) is 0 Å². The number of methoxy groups -OCH3 is 1. The predicted octanol–water partition coefficient (Wildman–Crippen LogP) is 2.45. The van der Waals surface area contributed by atoms with E-state index in [4.69, 9.17) is 9.47 Å². The molecule has 34 heavy (non-hydrogen) atoms. The van der Waals surface area contributed by atoms with E-state index in [2.05, 4.69) is 20.4 Å². The quantitative estimate of drug-likeness (QED) is 0.512. The van der Waals surface area contributed by atoms with Gasteiger partial charge in [-0.3, -0.25) is 14.5 Å². The third-order valence-electron chi connectivity index (χ3n) is 6.18. The minimum absolute atomic E-state index is 0.0718. The summed E-state index contributed by atoms with van der Waals surface area (Å²) in [5.41, 5.74) is 3.09. The van der Waals surface area contributed by atoms with Gasteiger partial charge in [-0.05, 0) is 37.1 Å². The largest absolute Gasteiger partial charge is 0.495 e. The van der Waals surface area contributed by atoms with Crippen LogP contribution < -0.4 is 25.0 Å². The lowest BCUT2D eigenvalue weighted by Gasteiger charge is -2.40. The predicted molar refractivity (Wildman–Crippen MR) is 131 cm³/mol. The topological polar surface area (TPSA) is 103 Å².